The van der Waals surface area contributed by atoms with Crippen molar-refractivity contribution in [1.82, 2.24) is 20.5 Å². The predicted molar refractivity (Wildman–Crippen MR) is 59.4 cm³/mol. The molecule has 0 spiro atoms. The standard InChI is InChI=1S/C10H20N4O2/c1-10(15)14(12-4-2-11-3-5-12)13-6-8-16-9-7-13/h11H,2-9H2,1H3. The second-order valence-corrected chi connectivity index (χ2v) is 4.08. The monoisotopic (exact) mass is 228 g/mol. The van der Waals surface area contributed by atoms with Crippen molar-refractivity contribution in [1.29, 1.82) is 0 Å². The average Bonchev–Trinajstić information content (AvgIpc) is 2.31. The Kier molecular flexibility index (Phi) is 4.11. The van der Waals surface area contributed by atoms with Gasteiger partial charge in [0.05, 0.1) is 13.2 Å². The lowest BCUT2D eigenvalue weighted by molar-refractivity contribution is -0.212. The van der Waals surface area contributed by atoms with Crippen LogP contribution in [0.5, 0.6) is 0 Å². The van der Waals surface area contributed by atoms with Gasteiger partial charge in [0, 0.05) is 46.2 Å². The summed E-state index contributed by atoms with van der Waals surface area (Å²) < 4.78 is 5.31. The summed E-state index contributed by atoms with van der Waals surface area (Å²) in [4.78, 5) is 11.7. The van der Waals surface area contributed by atoms with Gasteiger partial charge in [0.25, 0.3) is 0 Å². The highest BCUT2D eigenvalue weighted by Gasteiger charge is 2.27. The van der Waals surface area contributed by atoms with Crippen LogP contribution in [0.2, 0.25) is 0 Å². The highest BCUT2D eigenvalue weighted by Crippen LogP contribution is 2.08. The molecule has 2 fully saturated rings. The van der Waals surface area contributed by atoms with Crippen LogP contribution >= 0.6 is 0 Å². The van der Waals surface area contributed by atoms with E-state index in [0.29, 0.717) is 13.2 Å². The van der Waals surface area contributed by atoms with E-state index in [-0.39, 0.29) is 5.91 Å². The maximum absolute atomic E-state index is 11.7. The molecular formula is C10H20N4O2. The van der Waals surface area contributed by atoms with Gasteiger partial charge in [-0.15, -0.1) is 0 Å². The molecule has 0 aliphatic carbocycles. The zero-order chi connectivity index (χ0) is 11.4. The van der Waals surface area contributed by atoms with E-state index in [1.165, 1.54) is 0 Å². The fourth-order valence-electron chi connectivity index (χ4n) is 2.16. The lowest BCUT2D eigenvalue weighted by atomic mass is 10.4. The first kappa shape index (κ1) is 11.8. The number of morpholine rings is 1. The highest BCUT2D eigenvalue weighted by molar-refractivity contribution is 5.72. The average molecular weight is 228 g/mol. The van der Waals surface area contributed by atoms with Crippen LogP contribution in [0.4, 0.5) is 0 Å². The van der Waals surface area contributed by atoms with Crippen molar-refractivity contribution < 1.29 is 9.53 Å². The number of amides is 1. The topological polar surface area (TPSA) is 48.1 Å². The van der Waals surface area contributed by atoms with Crippen LogP contribution in [0.3, 0.4) is 0 Å². The Bertz CT molecular complexity index is 219. The number of nitrogens with zero attached hydrogens (tertiary/aromatic N) is 3. The van der Waals surface area contributed by atoms with Crippen LogP contribution in [0.25, 0.3) is 0 Å². The number of hydrazine groups is 2. The number of nitrogens with one attached hydrogen (secondary N) is 1. The molecule has 0 aromatic rings. The molecule has 0 aromatic heterocycles. The van der Waals surface area contributed by atoms with Gasteiger partial charge in [-0.3, -0.25) is 4.79 Å². The summed E-state index contributed by atoms with van der Waals surface area (Å²) >= 11 is 0. The Balaban J connectivity index is 1.99. The van der Waals surface area contributed by atoms with Gasteiger partial charge in [-0.1, -0.05) is 0 Å². The van der Waals surface area contributed by atoms with Crippen LogP contribution in [-0.4, -0.2) is 73.5 Å². The lowest BCUT2D eigenvalue weighted by Gasteiger charge is -2.44. The molecule has 2 heterocycles. The first-order valence-electron chi connectivity index (χ1n) is 5.88. The number of hydrogen-bond acceptors (Lipinski definition) is 5. The van der Waals surface area contributed by atoms with Gasteiger partial charge in [-0.25, -0.2) is 10.1 Å². The van der Waals surface area contributed by atoms with Crippen LogP contribution in [-0.2, 0) is 9.53 Å². The summed E-state index contributed by atoms with van der Waals surface area (Å²) in [6.45, 7) is 8.27. The third-order valence-electron chi connectivity index (χ3n) is 2.90. The number of ether oxygens (including phenoxy) is 1. The van der Waals surface area contributed by atoms with Crippen molar-refractivity contribution in [3.8, 4) is 0 Å². The van der Waals surface area contributed by atoms with Gasteiger partial charge in [0.2, 0.25) is 5.91 Å². The quantitative estimate of drug-likeness (QED) is 0.650. The van der Waals surface area contributed by atoms with Crippen molar-refractivity contribution in [2.75, 3.05) is 52.5 Å². The largest absolute Gasteiger partial charge is 0.379 e. The molecule has 0 bridgehead atoms. The molecule has 16 heavy (non-hydrogen) atoms. The molecule has 2 rings (SSSR count). The van der Waals surface area contributed by atoms with E-state index in [4.69, 9.17) is 4.74 Å². The Hall–Kier alpha value is -0.690. The minimum Gasteiger partial charge on any atom is -0.379 e. The molecule has 0 radical (unpaired) electrons. The molecule has 0 aromatic carbocycles. The Morgan fingerprint density at radius 3 is 2.25 bits per heavy atom. The summed E-state index contributed by atoms with van der Waals surface area (Å²) in [7, 11) is 0. The smallest absolute Gasteiger partial charge is 0.248 e. The first-order chi connectivity index (χ1) is 7.79. The number of piperazine rings is 1. The Morgan fingerprint density at radius 2 is 1.69 bits per heavy atom. The molecule has 6 heteroatoms. The zero-order valence-corrected chi connectivity index (χ0v) is 9.81. The predicted octanol–water partition coefficient (Wildman–Crippen LogP) is -1.10. The molecular weight excluding hydrogens is 208 g/mol. The molecule has 6 nitrogen and oxygen atoms in total. The van der Waals surface area contributed by atoms with Crippen molar-refractivity contribution in [2.45, 2.75) is 6.92 Å². The van der Waals surface area contributed by atoms with E-state index in [9.17, 15) is 4.79 Å². The fraction of sp³-hybridized carbons (Fsp3) is 0.900. The van der Waals surface area contributed by atoms with Gasteiger partial charge in [0.1, 0.15) is 0 Å². The minimum atomic E-state index is 0.0869. The summed E-state index contributed by atoms with van der Waals surface area (Å²) in [6, 6.07) is 0. The van der Waals surface area contributed by atoms with Crippen molar-refractivity contribution in [3.05, 3.63) is 0 Å². The summed E-state index contributed by atoms with van der Waals surface area (Å²) in [5, 5.41) is 9.28. The van der Waals surface area contributed by atoms with E-state index < -0.39 is 0 Å². The Labute approximate surface area is 96.1 Å². The summed E-state index contributed by atoms with van der Waals surface area (Å²) in [6.07, 6.45) is 0. The van der Waals surface area contributed by atoms with Gasteiger partial charge >= 0.3 is 0 Å². The summed E-state index contributed by atoms with van der Waals surface area (Å²) in [5.74, 6) is 0.0869. The van der Waals surface area contributed by atoms with E-state index in [1.807, 2.05) is 0 Å². The maximum Gasteiger partial charge on any atom is 0.248 e. The SMILES string of the molecule is CC(=O)N(N1CCNCC1)N1CCOCC1. The highest BCUT2D eigenvalue weighted by atomic mass is 16.5. The third-order valence-corrected chi connectivity index (χ3v) is 2.90. The normalized spacial score (nSPS) is 24.3. The first-order valence-corrected chi connectivity index (χ1v) is 5.88. The number of carbonyl (C=O) groups is 1. The van der Waals surface area contributed by atoms with Gasteiger partial charge in [-0.2, -0.15) is 5.01 Å². The molecule has 0 unspecified atom stereocenters. The third kappa shape index (κ3) is 2.70. The van der Waals surface area contributed by atoms with Crippen LogP contribution in [0, 0.1) is 0 Å². The van der Waals surface area contributed by atoms with Crippen LogP contribution in [0.1, 0.15) is 6.92 Å². The van der Waals surface area contributed by atoms with Crippen LogP contribution < -0.4 is 5.32 Å². The maximum atomic E-state index is 11.7. The van der Waals surface area contributed by atoms with E-state index in [2.05, 4.69) is 15.3 Å². The van der Waals surface area contributed by atoms with E-state index in [0.717, 1.165) is 39.3 Å². The number of hydrogen-bond donors (Lipinski definition) is 1. The fourth-order valence-corrected chi connectivity index (χ4v) is 2.16. The molecule has 1 amide bonds. The second kappa shape index (κ2) is 5.58. The summed E-state index contributed by atoms with van der Waals surface area (Å²) in [5.41, 5.74) is 0. The molecule has 2 aliphatic heterocycles. The number of carbonyl (C=O) groups excluding carboxylic acids is 1. The molecule has 2 saturated heterocycles. The minimum absolute atomic E-state index is 0.0869. The molecule has 0 saturated carbocycles. The van der Waals surface area contributed by atoms with Crippen molar-refractivity contribution in [2.24, 2.45) is 0 Å². The van der Waals surface area contributed by atoms with Crippen molar-refractivity contribution in [3.63, 3.8) is 0 Å². The van der Waals surface area contributed by atoms with E-state index in [1.54, 1.807) is 12.0 Å². The van der Waals surface area contributed by atoms with Gasteiger partial charge < -0.3 is 10.1 Å². The van der Waals surface area contributed by atoms with Crippen LogP contribution in [0.15, 0.2) is 0 Å². The van der Waals surface area contributed by atoms with Gasteiger partial charge in [-0.05, 0) is 0 Å². The number of rotatable bonds is 2. The molecule has 2 aliphatic rings. The Morgan fingerprint density at radius 1 is 1.12 bits per heavy atom. The van der Waals surface area contributed by atoms with E-state index >= 15 is 0 Å². The van der Waals surface area contributed by atoms with Gasteiger partial charge in [0.15, 0.2) is 0 Å². The second-order valence-electron chi connectivity index (χ2n) is 4.08. The molecule has 92 valence electrons. The van der Waals surface area contributed by atoms with Crippen molar-refractivity contribution >= 4 is 5.91 Å². The lowest BCUT2D eigenvalue weighted by Crippen LogP contribution is -2.62. The zero-order valence-electron chi connectivity index (χ0n) is 9.81. The molecule has 0 atom stereocenters. The molecule has 1 N–H and O–H groups in total.